The van der Waals surface area contributed by atoms with Gasteiger partial charge in [0, 0.05) is 19.1 Å². The molecule has 1 amide bonds. The van der Waals surface area contributed by atoms with Crippen molar-refractivity contribution in [1.29, 1.82) is 0 Å². The van der Waals surface area contributed by atoms with E-state index in [1.165, 1.54) is 11.1 Å². The van der Waals surface area contributed by atoms with Gasteiger partial charge in [0.25, 0.3) is 5.91 Å². The minimum atomic E-state index is -0.405. The van der Waals surface area contributed by atoms with E-state index in [4.69, 9.17) is 4.74 Å². The van der Waals surface area contributed by atoms with Crippen LogP contribution in [-0.2, 0) is 11.2 Å². The van der Waals surface area contributed by atoms with Gasteiger partial charge in [0.2, 0.25) is 0 Å². The molecule has 0 spiro atoms. The number of amides is 1. The first-order valence-corrected chi connectivity index (χ1v) is 10.3. The lowest BCUT2D eigenvalue weighted by molar-refractivity contribution is -0.140. The van der Waals surface area contributed by atoms with Crippen LogP contribution in [0.2, 0.25) is 0 Å². The second-order valence-corrected chi connectivity index (χ2v) is 8.13. The molecule has 2 aliphatic heterocycles. The Morgan fingerprint density at radius 2 is 1.90 bits per heavy atom. The van der Waals surface area contributed by atoms with Gasteiger partial charge in [0.1, 0.15) is 5.75 Å². The molecule has 0 radical (unpaired) electrons. The molecule has 2 aromatic carbocycles. The Labute approximate surface area is 169 Å². The number of benzene rings is 2. The zero-order chi connectivity index (χ0) is 20.0. The van der Waals surface area contributed by atoms with Gasteiger partial charge >= 0.3 is 5.69 Å². The van der Waals surface area contributed by atoms with E-state index < -0.39 is 6.10 Å². The minimum Gasteiger partial charge on any atom is -0.480 e. The molecule has 1 unspecified atom stereocenters. The Bertz CT molecular complexity index is 1120. The number of hydrogen-bond acceptors (Lipinski definition) is 3. The SMILES string of the molecule is Cc1ccc2c(c1)CCC(C(=O)N1CCC(n3c(=O)[nH]c4ccccc43)CC1)O2. The molecule has 5 rings (SSSR count). The fourth-order valence-corrected chi connectivity index (χ4v) is 4.68. The van der Waals surface area contributed by atoms with Crippen LogP contribution < -0.4 is 10.4 Å². The van der Waals surface area contributed by atoms with E-state index in [1.807, 2.05) is 45.9 Å². The summed E-state index contributed by atoms with van der Waals surface area (Å²) in [5, 5.41) is 0. The van der Waals surface area contributed by atoms with Crippen molar-refractivity contribution in [2.75, 3.05) is 13.1 Å². The fourth-order valence-electron chi connectivity index (χ4n) is 4.68. The number of aromatic nitrogens is 2. The van der Waals surface area contributed by atoms with Crippen LogP contribution in [0.1, 0.15) is 36.4 Å². The summed E-state index contributed by atoms with van der Waals surface area (Å²) in [5.41, 5.74) is 4.13. The minimum absolute atomic E-state index is 0.0703. The second-order valence-electron chi connectivity index (χ2n) is 8.13. The number of rotatable bonds is 2. The monoisotopic (exact) mass is 391 g/mol. The molecule has 1 saturated heterocycles. The lowest BCUT2D eigenvalue weighted by atomic mass is 9.98. The van der Waals surface area contributed by atoms with Crippen molar-refractivity contribution in [2.24, 2.45) is 0 Å². The van der Waals surface area contributed by atoms with Crippen molar-refractivity contribution >= 4 is 16.9 Å². The maximum Gasteiger partial charge on any atom is 0.326 e. The van der Waals surface area contributed by atoms with Crippen molar-refractivity contribution in [3.63, 3.8) is 0 Å². The number of carbonyl (C=O) groups excluding carboxylic acids is 1. The number of aromatic amines is 1. The van der Waals surface area contributed by atoms with Crippen molar-refractivity contribution in [2.45, 2.75) is 44.8 Å². The van der Waals surface area contributed by atoms with Gasteiger partial charge in [-0.05, 0) is 56.4 Å². The maximum absolute atomic E-state index is 13.0. The first-order chi connectivity index (χ1) is 14.1. The number of nitrogens with one attached hydrogen (secondary N) is 1. The van der Waals surface area contributed by atoms with Crippen molar-refractivity contribution in [3.8, 4) is 5.75 Å². The summed E-state index contributed by atoms with van der Waals surface area (Å²) in [6, 6.07) is 14.0. The quantitative estimate of drug-likeness (QED) is 0.730. The zero-order valence-electron chi connectivity index (χ0n) is 16.6. The summed E-state index contributed by atoms with van der Waals surface area (Å²) in [7, 11) is 0. The number of imidazole rings is 1. The molecule has 3 aromatic rings. The Kier molecular flexibility index (Phi) is 4.42. The molecule has 6 nitrogen and oxygen atoms in total. The normalized spacial score (nSPS) is 19.8. The Hall–Kier alpha value is -3.02. The van der Waals surface area contributed by atoms with Crippen LogP contribution in [0.25, 0.3) is 11.0 Å². The third-order valence-corrected chi connectivity index (χ3v) is 6.20. The predicted octanol–water partition coefficient (Wildman–Crippen LogP) is 3.20. The highest BCUT2D eigenvalue weighted by molar-refractivity contribution is 5.82. The lowest BCUT2D eigenvalue weighted by Gasteiger charge is -2.35. The van der Waals surface area contributed by atoms with E-state index >= 15 is 0 Å². The number of aryl methyl sites for hydroxylation is 2. The zero-order valence-corrected chi connectivity index (χ0v) is 16.6. The number of hydrogen-bond donors (Lipinski definition) is 1. The Balaban J connectivity index is 1.27. The van der Waals surface area contributed by atoms with Crippen LogP contribution in [0.4, 0.5) is 0 Å². The van der Waals surface area contributed by atoms with E-state index in [2.05, 4.69) is 18.0 Å². The lowest BCUT2D eigenvalue weighted by Crippen LogP contribution is -2.47. The van der Waals surface area contributed by atoms with E-state index in [1.54, 1.807) is 0 Å². The van der Waals surface area contributed by atoms with E-state index in [0.29, 0.717) is 13.1 Å². The van der Waals surface area contributed by atoms with Crippen LogP contribution in [0, 0.1) is 6.92 Å². The summed E-state index contributed by atoms with van der Waals surface area (Å²) in [6.07, 6.45) is 2.73. The third-order valence-electron chi connectivity index (χ3n) is 6.20. The molecule has 1 N–H and O–H groups in total. The standard InChI is InChI=1S/C23H25N3O3/c1-15-6-8-20-16(14-15)7-9-21(29-20)22(27)25-12-10-17(11-13-25)26-19-5-3-2-4-18(19)24-23(26)28/h2-6,8,14,17,21H,7,9-13H2,1H3,(H,24,28). The van der Waals surface area contributed by atoms with Gasteiger partial charge in [0.05, 0.1) is 11.0 Å². The van der Waals surface area contributed by atoms with Gasteiger partial charge in [-0.2, -0.15) is 0 Å². The Morgan fingerprint density at radius 1 is 1.10 bits per heavy atom. The highest BCUT2D eigenvalue weighted by Gasteiger charge is 2.33. The maximum atomic E-state index is 13.0. The third kappa shape index (κ3) is 3.22. The van der Waals surface area contributed by atoms with Gasteiger partial charge < -0.3 is 14.6 Å². The number of ether oxygens (including phenoxy) is 1. The van der Waals surface area contributed by atoms with Crippen LogP contribution in [0.15, 0.2) is 47.3 Å². The highest BCUT2D eigenvalue weighted by Crippen LogP contribution is 2.30. The molecule has 1 fully saturated rings. The molecule has 0 saturated carbocycles. The molecule has 6 heteroatoms. The largest absolute Gasteiger partial charge is 0.480 e. The van der Waals surface area contributed by atoms with Gasteiger partial charge in [-0.1, -0.05) is 29.8 Å². The Morgan fingerprint density at radius 3 is 2.72 bits per heavy atom. The van der Waals surface area contributed by atoms with Crippen molar-refractivity contribution in [3.05, 3.63) is 64.1 Å². The number of carbonyl (C=O) groups is 1. The van der Waals surface area contributed by atoms with Gasteiger partial charge in [-0.15, -0.1) is 0 Å². The smallest absolute Gasteiger partial charge is 0.326 e. The molecule has 150 valence electrons. The van der Waals surface area contributed by atoms with Crippen molar-refractivity contribution in [1.82, 2.24) is 14.5 Å². The van der Waals surface area contributed by atoms with Gasteiger partial charge in [0.15, 0.2) is 6.10 Å². The van der Waals surface area contributed by atoms with Gasteiger partial charge in [-0.3, -0.25) is 9.36 Å². The molecule has 2 aliphatic rings. The van der Waals surface area contributed by atoms with Crippen LogP contribution in [0.3, 0.4) is 0 Å². The number of nitrogens with zero attached hydrogens (tertiary/aromatic N) is 2. The highest BCUT2D eigenvalue weighted by atomic mass is 16.5. The van der Waals surface area contributed by atoms with Crippen molar-refractivity contribution < 1.29 is 9.53 Å². The first-order valence-electron chi connectivity index (χ1n) is 10.3. The van der Waals surface area contributed by atoms with E-state index in [0.717, 1.165) is 42.5 Å². The van der Waals surface area contributed by atoms with Gasteiger partial charge in [-0.25, -0.2) is 4.79 Å². The molecular weight excluding hydrogens is 366 g/mol. The summed E-state index contributed by atoms with van der Waals surface area (Å²) < 4.78 is 7.88. The second kappa shape index (κ2) is 7.10. The number of fused-ring (bicyclic) bond motifs is 2. The predicted molar refractivity (Wildman–Crippen MR) is 111 cm³/mol. The average Bonchev–Trinajstić information content (AvgIpc) is 3.08. The number of likely N-dealkylation sites (tertiary alicyclic amines) is 1. The van der Waals surface area contributed by atoms with Crippen LogP contribution in [-0.4, -0.2) is 39.6 Å². The molecule has 3 heterocycles. The molecule has 0 aliphatic carbocycles. The van der Waals surface area contributed by atoms with E-state index in [-0.39, 0.29) is 17.6 Å². The summed E-state index contributed by atoms with van der Waals surface area (Å²) in [5.74, 6) is 0.904. The molecular formula is C23H25N3O3. The molecule has 1 aromatic heterocycles. The van der Waals surface area contributed by atoms with E-state index in [9.17, 15) is 9.59 Å². The fraction of sp³-hybridized carbons (Fsp3) is 0.391. The summed E-state index contributed by atoms with van der Waals surface area (Å²) in [4.78, 5) is 30.3. The van der Waals surface area contributed by atoms with Crippen LogP contribution >= 0.6 is 0 Å². The number of piperidine rings is 1. The summed E-state index contributed by atoms with van der Waals surface area (Å²) in [6.45, 7) is 3.37. The number of H-pyrrole nitrogens is 1. The summed E-state index contributed by atoms with van der Waals surface area (Å²) >= 11 is 0. The average molecular weight is 391 g/mol. The first kappa shape index (κ1) is 18.0. The topological polar surface area (TPSA) is 67.3 Å². The molecule has 0 bridgehead atoms. The molecule has 29 heavy (non-hydrogen) atoms. The van der Waals surface area contributed by atoms with Crippen LogP contribution in [0.5, 0.6) is 5.75 Å². The number of para-hydroxylation sites is 2. The molecule has 1 atom stereocenters.